The van der Waals surface area contributed by atoms with E-state index in [0.717, 1.165) is 22.7 Å². The summed E-state index contributed by atoms with van der Waals surface area (Å²) in [4.78, 5) is 11.3. The van der Waals surface area contributed by atoms with Crippen LogP contribution in [0.3, 0.4) is 0 Å². The number of aromatic nitrogens is 4. The molecule has 0 saturated carbocycles. The monoisotopic (exact) mass is 392 g/mol. The van der Waals surface area contributed by atoms with Crippen LogP contribution in [0.1, 0.15) is 13.3 Å². The minimum absolute atomic E-state index is 0.122. The van der Waals surface area contributed by atoms with Gasteiger partial charge >= 0.3 is 0 Å². The lowest BCUT2D eigenvalue weighted by Gasteiger charge is -1.99. The molecule has 2 rings (SSSR count). The number of hydrogen-bond donors (Lipinski definition) is 2. The van der Waals surface area contributed by atoms with Crippen molar-refractivity contribution >= 4 is 60.6 Å². The molecule has 0 unspecified atom stereocenters. The van der Waals surface area contributed by atoms with Gasteiger partial charge in [-0.15, -0.1) is 27.0 Å². The molecule has 9 nitrogen and oxygen atoms in total. The average Bonchev–Trinajstić information content (AvgIpc) is 3.14. The number of carbonyl (C=O) groups excluding carboxylic acids is 1. The highest BCUT2D eigenvalue weighted by atomic mass is 32.2. The van der Waals surface area contributed by atoms with Crippen molar-refractivity contribution in [2.45, 2.75) is 22.0 Å². The molecule has 0 aliphatic rings. The van der Waals surface area contributed by atoms with E-state index in [9.17, 15) is 13.2 Å². The molecule has 2 aromatic heterocycles. The van der Waals surface area contributed by atoms with Crippen LogP contribution in [-0.2, 0) is 14.8 Å². The topological polar surface area (TPSA) is 127 Å². The van der Waals surface area contributed by atoms with Crippen LogP contribution in [0.5, 0.6) is 0 Å². The minimum Gasteiger partial charge on any atom is -0.301 e. The smallest absolute Gasteiger partial charge is 0.293 e. The number of carbonyl (C=O) groups is 1. The van der Waals surface area contributed by atoms with Crippen molar-refractivity contribution in [3.8, 4) is 0 Å². The van der Waals surface area contributed by atoms with E-state index >= 15 is 0 Å². The highest BCUT2D eigenvalue weighted by Gasteiger charge is 2.22. The summed E-state index contributed by atoms with van der Waals surface area (Å²) in [5, 5.41) is 17.5. The average molecular weight is 393 g/mol. The Morgan fingerprint density at radius 2 is 2.00 bits per heavy atom. The van der Waals surface area contributed by atoms with Crippen molar-refractivity contribution in [2.24, 2.45) is 0 Å². The Morgan fingerprint density at radius 1 is 1.26 bits per heavy atom. The first-order valence-corrected chi connectivity index (χ1v) is 10.3. The van der Waals surface area contributed by atoms with Gasteiger partial charge in [0.05, 0.1) is 0 Å². The van der Waals surface area contributed by atoms with Crippen molar-refractivity contribution in [3.05, 3.63) is 12.7 Å². The first kappa shape index (κ1) is 17.8. The molecule has 2 N–H and O–H groups in total. The van der Waals surface area contributed by atoms with E-state index in [-0.39, 0.29) is 26.9 Å². The third-order valence-electron chi connectivity index (χ3n) is 2.16. The molecular formula is C10H12N6O3S4. The fraction of sp³-hybridized carbons (Fsp3) is 0.300. The Hall–Kier alpha value is -1.57. The summed E-state index contributed by atoms with van der Waals surface area (Å²) in [6, 6.07) is 0. The van der Waals surface area contributed by atoms with Gasteiger partial charge in [-0.3, -0.25) is 9.52 Å². The summed E-state index contributed by atoms with van der Waals surface area (Å²) < 4.78 is 27.0. The molecule has 0 atom stereocenters. The lowest BCUT2D eigenvalue weighted by molar-refractivity contribution is -0.115. The summed E-state index contributed by atoms with van der Waals surface area (Å²) in [5.74, 6) is 0.379. The molecule has 13 heteroatoms. The van der Waals surface area contributed by atoms with E-state index in [4.69, 9.17) is 0 Å². The molecule has 0 spiro atoms. The van der Waals surface area contributed by atoms with E-state index in [1.54, 1.807) is 13.0 Å². The summed E-state index contributed by atoms with van der Waals surface area (Å²) >= 11 is 3.26. The fourth-order valence-corrected chi connectivity index (χ4v) is 4.84. The van der Waals surface area contributed by atoms with Gasteiger partial charge in [-0.1, -0.05) is 47.4 Å². The van der Waals surface area contributed by atoms with Gasteiger partial charge in [0, 0.05) is 12.2 Å². The van der Waals surface area contributed by atoms with Crippen molar-refractivity contribution in [1.29, 1.82) is 0 Å². The van der Waals surface area contributed by atoms with E-state index in [1.165, 1.54) is 11.8 Å². The zero-order valence-corrected chi connectivity index (χ0v) is 15.1. The maximum atomic E-state index is 12.2. The van der Waals surface area contributed by atoms with Gasteiger partial charge in [0.2, 0.25) is 16.2 Å². The normalized spacial score (nSPS) is 11.2. The number of rotatable bonds is 8. The number of amides is 1. The molecular weight excluding hydrogens is 380 g/mol. The Kier molecular flexibility index (Phi) is 6.04. The molecule has 0 aliphatic carbocycles. The Bertz CT molecular complexity index is 799. The number of hydrogen-bond acceptors (Lipinski definition) is 10. The lowest BCUT2D eigenvalue weighted by Crippen LogP contribution is -2.12. The molecule has 0 radical (unpaired) electrons. The van der Waals surface area contributed by atoms with Gasteiger partial charge in [-0.2, -0.15) is 8.42 Å². The van der Waals surface area contributed by atoms with Crippen LogP contribution in [-0.4, -0.2) is 40.5 Å². The second-order valence-corrected chi connectivity index (χ2v) is 8.93. The summed E-state index contributed by atoms with van der Waals surface area (Å²) in [7, 11) is -3.92. The fourth-order valence-electron chi connectivity index (χ4n) is 1.17. The zero-order valence-electron chi connectivity index (χ0n) is 11.8. The van der Waals surface area contributed by atoms with Gasteiger partial charge in [0.15, 0.2) is 4.34 Å². The second kappa shape index (κ2) is 7.81. The summed E-state index contributed by atoms with van der Waals surface area (Å²) in [5.41, 5.74) is 0. The summed E-state index contributed by atoms with van der Waals surface area (Å²) in [6.07, 6.45) is 1.97. The van der Waals surface area contributed by atoms with Crippen LogP contribution < -0.4 is 10.0 Å². The highest BCUT2D eigenvalue weighted by molar-refractivity contribution is 8.01. The van der Waals surface area contributed by atoms with Gasteiger partial charge in [-0.25, -0.2) is 0 Å². The molecule has 23 heavy (non-hydrogen) atoms. The first-order chi connectivity index (χ1) is 10.9. The van der Waals surface area contributed by atoms with Gasteiger partial charge < -0.3 is 5.32 Å². The van der Waals surface area contributed by atoms with E-state index in [2.05, 4.69) is 37.0 Å². The quantitative estimate of drug-likeness (QED) is 0.396. The van der Waals surface area contributed by atoms with Crippen LogP contribution in [0.4, 0.5) is 10.3 Å². The van der Waals surface area contributed by atoms with Gasteiger partial charge in [-0.05, 0) is 0 Å². The maximum Gasteiger partial charge on any atom is 0.293 e. The van der Waals surface area contributed by atoms with Gasteiger partial charge in [0.25, 0.3) is 14.4 Å². The minimum atomic E-state index is -3.92. The Labute approximate surface area is 144 Å². The SMILES string of the molecule is C=CCSc1nnc(NS(=O)(=O)c2nnc(NC(=O)CC)s2)s1. The molecule has 0 saturated heterocycles. The summed E-state index contributed by atoms with van der Waals surface area (Å²) in [6.45, 7) is 5.26. The number of anilines is 2. The maximum absolute atomic E-state index is 12.2. The largest absolute Gasteiger partial charge is 0.301 e. The van der Waals surface area contributed by atoms with E-state index < -0.39 is 10.0 Å². The zero-order chi connectivity index (χ0) is 16.9. The molecule has 0 aromatic carbocycles. The predicted molar refractivity (Wildman–Crippen MR) is 90.5 cm³/mol. The predicted octanol–water partition coefficient (Wildman–Crippen LogP) is 1.82. The third kappa shape index (κ3) is 4.95. The molecule has 0 bridgehead atoms. The van der Waals surface area contributed by atoms with Crippen LogP contribution in [0.15, 0.2) is 21.3 Å². The van der Waals surface area contributed by atoms with Gasteiger partial charge in [0.1, 0.15) is 0 Å². The number of nitrogens with zero attached hydrogens (tertiary/aromatic N) is 4. The first-order valence-electron chi connectivity index (χ1n) is 6.18. The van der Waals surface area contributed by atoms with Crippen molar-refractivity contribution in [1.82, 2.24) is 20.4 Å². The molecule has 2 heterocycles. The second-order valence-electron chi connectivity index (χ2n) is 3.85. The van der Waals surface area contributed by atoms with E-state index in [1.807, 2.05) is 0 Å². The molecule has 0 aliphatic heterocycles. The van der Waals surface area contributed by atoms with Crippen molar-refractivity contribution < 1.29 is 13.2 Å². The van der Waals surface area contributed by atoms with Crippen molar-refractivity contribution in [3.63, 3.8) is 0 Å². The number of thioether (sulfide) groups is 1. The Balaban J connectivity index is 2.08. The van der Waals surface area contributed by atoms with Crippen LogP contribution in [0.2, 0.25) is 0 Å². The van der Waals surface area contributed by atoms with Crippen LogP contribution >= 0.6 is 34.4 Å². The highest BCUT2D eigenvalue weighted by Crippen LogP contribution is 2.28. The lowest BCUT2D eigenvalue weighted by atomic mass is 10.5. The van der Waals surface area contributed by atoms with Crippen molar-refractivity contribution in [2.75, 3.05) is 15.8 Å². The third-order valence-corrected chi connectivity index (χ3v) is 6.80. The van der Waals surface area contributed by atoms with E-state index in [0.29, 0.717) is 10.1 Å². The number of nitrogens with one attached hydrogen (secondary N) is 2. The molecule has 124 valence electrons. The standard InChI is InChI=1S/C10H12N6O3S4/c1-3-5-20-9-14-13-8(21-9)16-23(18,19)10-15-12-7(22-10)11-6(17)4-2/h3H,1,4-5H2,2H3,(H,13,16)(H,11,12,17). The Morgan fingerprint density at radius 3 is 2.70 bits per heavy atom. The van der Waals surface area contributed by atoms with Crippen LogP contribution in [0.25, 0.3) is 0 Å². The van der Waals surface area contributed by atoms with Crippen LogP contribution in [0, 0.1) is 0 Å². The molecule has 2 aromatic rings. The molecule has 1 amide bonds. The molecule has 0 fully saturated rings. The number of sulfonamides is 1.